The Kier molecular flexibility index (Phi) is 6.67. The molecule has 34 heavy (non-hydrogen) atoms. The van der Waals surface area contributed by atoms with Crippen molar-refractivity contribution < 1.29 is 18.0 Å². The fourth-order valence-corrected chi connectivity index (χ4v) is 5.77. The Morgan fingerprint density at radius 2 is 1.71 bits per heavy atom. The van der Waals surface area contributed by atoms with Crippen molar-refractivity contribution in [1.29, 1.82) is 0 Å². The number of carbonyl (C=O) groups excluding carboxylic acids is 2. The van der Waals surface area contributed by atoms with Crippen LogP contribution in [-0.4, -0.2) is 47.3 Å². The Balaban J connectivity index is 1.45. The van der Waals surface area contributed by atoms with Crippen molar-refractivity contribution in [3.8, 4) is 5.69 Å². The predicted molar refractivity (Wildman–Crippen MR) is 130 cm³/mol. The first-order valence-electron chi connectivity index (χ1n) is 11.2. The highest BCUT2D eigenvalue weighted by Crippen LogP contribution is 2.27. The van der Waals surface area contributed by atoms with Gasteiger partial charge in [0.1, 0.15) is 0 Å². The molecule has 2 heterocycles. The van der Waals surface area contributed by atoms with E-state index in [9.17, 15) is 18.0 Å². The second kappa shape index (κ2) is 9.52. The van der Waals surface area contributed by atoms with Crippen LogP contribution in [0.3, 0.4) is 0 Å². The van der Waals surface area contributed by atoms with Gasteiger partial charge < -0.3 is 5.32 Å². The quantitative estimate of drug-likeness (QED) is 0.542. The summed E-state index contributed by atoms with van der Waals surface area (Å²) in [7, 11) is -3.73. The van der Waals surface area contributed by atoms with Gasteiger partial charge in [-0.15, -0.1) is 0 Å². The molecule has 1 aliphatic rings. The Morgan fingerprint density at radius 1 is 1.00 bits per heavy atom. The highest BCUT2D eigenvalue weighted by Gasteiger charge is 2.32. The SMILES string of the molecule is CC(=O)c1cccc(S(=O)(=O)N2CCC(C(=O)Nc3ccccc3-n3nc(C)cc3C)CC2)c1. The first-order chi connectivity index (χ1) is 16.2. The molecule has 1 N–H and O–H groups in total. The standard InChI is InChI=1S/C25H28N4O4S/c1-17-15-18(2)29(27-17)24-10-5-4-9-23(24)26-25(31)20-11-13-28(14-12-20)34(32,33)22-8-6-7-21(16-22)19(3)30/h4-10,15-16,20H,11-14H2,1-3H3,(H,26,31). The zero-order valence-corrected chi connectivity index (χ0v) is 20.3. The van der Waals surface area contributed by atoms with E-state index in [1.165, 1.54) is 23.4 Å². The summed E-state index contributed by atoms with van der Waals surface area (Å²) in [6, 6.07) is 15.5. The lowest BCUT2D eigenvalue weighted by Crippen LogP contribution is -2.41. The molecule has 1 aliphatic heterocycles. The minimum absolute atomic E-state index is 0.0990. The van der Waals surface area contributed by atoms with E-state index < -0.39 is 10.0 Å². The Hall–Kier alpha value is -3.30. The topological polar surface area (TPSA) is 101 Å². The molecule has 0 saturated carbocycles. The molecule has 9 heteroatoms. The number of Topliss-reactive ketones (excluding diaryl/α,β-unsaturated/α-hetero) is 1. The van der Waals surface area contributed by atoms with E-state index in [2.05, 4.69) is 10.4 Å². The van der Waals surface area contributed by atoms with E-state index in [4.69, 9.17) is 0 Å². The van der Waals surface area contributed by atoms with E-state index in [1.54, 1.807) is 16.8 Å². The number of benzene rings is 2. The van der Waals surface area contributed by atoms with Gasteiger partial charge in [0, 0.05) is 30.3 Å². The maximum absolute atomic E-state index is 13.1. The average molecular weight is 481 g/mol. The molecule has 0 bridgehead atoms. The summed E-state index contributed by atoms with van der Waals surface area (Å²) in [4.78, 5) is 24.8. The summed E-state index contributed by atoms with van der Waals surface area (Å²) in [6.45, 7) is 5.76. The van der Waals surface area contributed by atoms with Crippen LogP contribution in [0.15, 0.2) is 59.5 Å². The van der Waals surface area contributed by atoms with Crippen molar-refractivity contribution in [1.82, 2.24) is 14.1 Å². The zero-order valence-electron chi connectivity index (χ0n) is 19.5. The maximum atomic E-state index is 13.1. The molecule has 0 aliphatic carbocycles. The van der Waals surface area contributed by atoms with Gasteiger partial charge in [0.05, 0.1) is 22.0 Å². The van der Waals surface area contributed by atoms with E-state index >= 15 is 0 Å². The Bertz CT molecular complexity index is 1340. The number of para-hydroxylation sites is 2. The van der Waals surface area contributed by atoms with Crippen molar-refractivity contribution in [2.75, 3.05) is 18.4 Å². The number of sulfonamides is 1. The Labute approximate surface area is 199 Å². The van der Waals surface area contributed by atoms with Gasteiger partial charge in [-0.1, -0.05) is 24.3 Å². The third kappa shape index (κ3) is 4.80. The molecule has 0 radical (unpaired) electrons. The van der Waals surface area contributed by atoms with Crippen LogP contribution in [0.4, 0.5) is 5.69 Å². The van der Waals surface area contributed by atoms with E-state index in [0.29, 0.717) is 24.1 Å². The molecule has 1 fully saturated rings. The monoisotopic (exact) mass is 480 g/mol. The second-order valence-corrected chi connectivity index (χ2v) is 10.5. The molecule has 1 saturated heterocycles. The predicted octanol–water partition coefficient (Wildman–Crippen LogP) is 3.73. The summed E-state index contributed by atoms with van der Waals surface area (Å²) in [6.07, 6.45) is 0.832. The van der Waals surface area contributed by atoms with Gasteiger partial charge >= 0.3 is 0 Å². The van der Waals surface area contributed by atoms with Crippen molar-refractivity contribution in [2.45, 2.75) is 38.5 Å². The van der Waals surface area contributed by atoms with Crippen LogP contribution < -0.4 is 5.32 Å². The van der Waals surface area contributed by atoms with Gasteiger partial charge in [0.2, 0.25) is 15.9 Å². The number of aryl methyl sites for hydroxylation is 2. The third-order valence-corrected chi connectivity index (χ3v) is 8.00. The molecule has 0 spiro atoms. The average Bonchev–Trinajstić information content (AvgIpc) is 3.17. The summed E-state index contributed by atoms with van der Waals surface area (Å²) in [5.41, 5.74) is 3.66. The number of hydrogen-bond acceptors (Lipinski definition) is 5. The molecule has 0 unspecified atom stereocenters. The van der Waals surface area contributed by atoms with Crippen LogP contribution in [0.5, 0.6) is 0 Å². The minimum atomic E-state index is -3.73. The number of aromatic nitrogens is 2. The van der Waals surface area contributed by atoms with Crippen molar-refractivity contribution in [2.24, 2.45) is 5.92 Å². The van der Waals surface area contributed by atoms with Crippen LogP contribution in [-0.2, 0) is 14.8 Å². The number of anilines is 1. The first-order valence-corrected chi connectivity index (χ1v) is 12.7. The van der Waals surface area contributed by atoms with Crippen molar-refractivity contribution in [3.05, 3.63) is 71.5 Å². The molecule has 178 valence electrons. The Morgan fingerprint density at radius 3 is 2.35 bits per heavy atom. The van der Waals surface area contributed by atoms with Gasteiger partial charge in [-0.05, 0) is 63.9 Å². The minimum Gasteiger partial charge on any atom is -0.324 e. The van der Waals surface area contributed by atoms with Crippen molar-refractivity contribution >= 4 is 27.4 Å². The number of piperidine rings is 1. The van der Waals surface area contributed by atoms with Crippen LogP contribution >= 0.6 is 0 Å². The summed E-state index contributed by atoms with van der Waals surface area (Å²) >= 11 is 0. The lowest BCUT2D eigenvalue weighted by molar-refractivity contribution is -0.120. The van der Waals surface area contributed by atoms with E-state index in [1.807, 2.05) is 44.2 Å². The molecular weight excluding hydrogens is 452 g/mol. The molecule has 1 amide bonds. The lowest BCUT2D eigenvalue weighted by Gasteiger charge is -2.30. The third-order valence-electron chi connectivity index (χ3n) is 6.10. The van der Waals surface area contributed by atoms with Crippen LogP contribution in [0.1, 0.15) is 41.5 Å². The van der Waals surface area contributed by atoms with Gasteiger partial charge in [0.25, 0.3) is 0 Å². The summed E-state index contributed by atoms with van der Waals surface area (Å²) < 4.78 is 29.3. The maximum Gasteiger partial charge on any atom is 0.243 e. The summed E-state index contributed by atoms with van der Waals surface area (Å²) in [5.74, 6) is -0.624. The molecule has 4 rings (SSSR count). The molecule has 0 atom stereocenters. The van der Waals surface area contributed by atoms with Crippen LogP contribution in [0.25, 0.3) is 5.69 Å². The first kappa shape index (κ1) is 23.8. The number of amides is 1. The van der Waals surface area contributed by atoms with E-state index in [0.717, 1.165) is 17.1 Å². The summed E-state index contributed by atoms with van der Waals surface area (Å²) in [5, 5.41) is 7.53. The number of ketones is 1. The molecule has 8 nitrogen and oxygen atoms in total. The van der Waals surface area contributed by atoms with Gasteiger partial charge in [0.15, 0.2) is 5.78 Å². The van der Waals surface area contributed by atoms with Gasteiger partial charge in [-0.25, -0.2) is 13.1 Å². The fraction of sp³-hybridized carbons (Fsp3) is 0.320. The van der Waals surface area contributed by atoms with Crippen LogP contribution in [0.2, 0.25) is 0 Å². The smallest absolute Gasteiger partial charge is 0.243 e. The fourth-order valence-electron chi connectivity index (χ4n) is 4.25. The molecular formula is C25H28N4O4S. The second-order valence-electron chi connectivity index (χ2n) is 8.61. The van der Waals surface area contributed by atoms with Crippen LogP contribution in [0, 0.1) is 19.8 Å². The molecule has 3 aromatic rings. The number of carbonyl (C=O) groups is 2. The highest BCUT2D eigenvalue weighted by atomic mass is 32.2. The number of nitrogens with one attached hydrogen (secondary N) is 1. The highest BCUT2D eigenvalue weighted by molar-refractivity contribution is 7.89. The number of hydrogen-bond donors (Lipinski definition) is 1. The number of nitrogens with zero attached hydrogens (tertiary/aromatic N) is 3. The normalized spacial score (nSPS) is 15.3. The lowest BCUT2D eigenvalue weighted by atomic mass is 9.97. The molecule has 1 aromatic heterocycles. The van der Waals surface area contributed by atoms with Gasteiger partial charge in [-0.2, -0.15) is 9.40 Å². The number of rotatable bonds is 6. The largest absolute Gasteiger partial charge is 0.324 e. The van der Waals surface area contributed by atoms with Crippen molar-refractivity contribution in [3.63, 3.8) is 0 Å². The zero-order chi connectivity index (χ0) is 24.5. The molecule has 2 aromatic carbocycles. The van der Waals surface area contributed by atoms with Gasteiger partial charge in [-0.3, -0.25) is 9.59 Å². The van der Waals surface area contributed by atoms with E-state index in [-0.39, 0.29) is 35.6 Å².